The highest BCUT2D eigenvalue weighted by Crippen LogP contribution is 2.25. The number of fused-ring (bicyclic) bond motifs is 1. The quantitative estimate of drug-likeness (QED) is 0.898. The van der Waals surface area contributed by atoms with Crippen LogP contribution in [0.1, 0.15) is 30.2 Å². The highest BCUT2D eigenvalue weighted by Gasteiger charge is 2.27. The number of hydrogen-bond acceptors (Lipinski definition) is 4. The maximum atomic E-state index is 12.3. The van der Waals surface area contributed by atoms with E-state index in [1.54, 1.807) is 6.20 Å². The van der Waals surface area contributed by atoms with Gasteiger partial charge in [-0.05, 0) is 25.5 Å². The van der Waals surface area contributed by atoms with Gasteiger partial charge in [0, 0.05) is 12.1 Å². The zero-order chi connectivity index (χ0) is 14.1. The molecule has 1 aromatic heterocycles. The molecule has 0 spiro atoms. The largest absolute Gasteiger partial charge is 0.444 e. The Hall–Kier alpha value is -2.30. The van der Waals surface area contributed by atoms with E-state index in [1.165, 1.54) is 5.56 Å². The lowest BCUT2D eigenvalue weighted by Gasteiger charge is -2.15. The van der Waals surface area contributed by atoms with Gasteiger partial charge in [0.05, 0.1) is 6.20 Å². The van der Waals surface area contributed by atoms with Gasteiger partial charge in [-0.3, -0.25) is 4.79 Å². The van der Waals surface area contributed by atoms with E-state index in [-0.39, 0.29) is 18.0 Å². The SMILES string of the molecule is Cc1cnc(C(C)NC(=O)[C@@H]2Cc3ccccc3N2)o1. The summed E-state index contributed by atoms with van der Waals surface area (Å²) in [5, 5.41) is 6.16. The van der Waals surface area contributed by atoms with Gasteiger partial charge in [0.1, 0.15) is 17.8 Å². The molecular formula is C15H17N3O2. The van der Waals surface area contributed by atoms with Gasteiger partial charge < -0.3 is 15.1 Å². The van der Waals surface area contributed by atoms with Crippen LogP contribution in [0.15, 0.2) is 34.9 Å². The Morgan fingerprint density at radius 1 is 1.50 bits per heavy atom. The first-order valence-electron chi connectivity index (χ1n) is 6.70. The first-order chi connectivity index (χ1) is 9.63. The summed E-state index contributed by atoms with van der Waals surface area (Å²) in [6.07, 6.45) is 2.36. The molecule has 2 aromatic rings. The minimum absolute atomic E-state index is 0.0375. The van der Waals surface area contributed by atoms with Crippen LogP contribution in [0.2, 0.25) is 0 Å². The molecule has 104 valence electrons. The lowest BCUT2D eigenvalue weighted by Crippen LogP contribution is -2.39. The first-order valence-corrected chi connectivity index (χ1v) is 6.70. The van der Waals surface area contributed by atoms with Crippen molar-refractivity contribution in [3.63, 3.8) is 0 Å². The summed E-state index contributed by atoms with van der Waals surface area (Å²) in [6.45, 7) is 3.70. The number of nitrogens with one attached hydrogen (secondary N) is 2. The highest BCUT2D eigenvalue weighted by atomic mass is 16.4. The zero-order valence-electron chi connectivity index (χ0n) is 11.5. The van der Waals surface area contributed by atoms with E-state index in [2.05, 4.69) is 15.6 Å². The van der Waals surface area contributed by atoms with Crippen molar-refractivity contribution in [2.45, 2.75) is 32.4 Å². The number of nitrogens with zero attached hydrogens (tertiary/aromatic N) is 1. The number of para-hydroxylation sites is 1. The molecule has 0 radical (unpaired) electrons. The Balaban J connectivity index is 1.64. The minimum Gasteiger partial charge on any atom is -0.444 e. The second-order valence-electron chi connectivity index (χ2n) is 5.10. The van der Waals surface area contributed by atoms with Crippen molar-refractivity contribution in [3.05, 3.63) is 47.7 Å². The van der Waals surface area contributed by atoms with Crippen molar-refractivity contribution >= 4 is 11.6 Å². The molecule has 2 N–H and O–H groups in total. The molecule has 0 fully saturated rings. The zero-order valence-corrected chi connectivity index (χ0v) is 11.5. The van der Waals surface area contributed by atoms with Crippen LogP contribution in [0.3, 0.4) is 0 Å². The van der Waals surface area contributed by atoms with Gasteiger partial charge in [-0.25, -0.2) is 4.98 Å². The molecule has 0 bridgehead atoms. The predicted molar refractivity (Wildman–Crippen MR) is 75.4 cm³/mol. The van der Waals surface area contributed by atoms with Gasteiger partial charge in [-0.1, -0.05) is 18.2 Å². The average molecular weight is 271 g/mol. The maximum Gasteiger partial charge on any atom is 0.243 e. The van der Waals surface area contributed by atoms with Crippen LogP contribution in [0, 0.1) is 6.92 Å². The van der Waals surface area contributed by atoms with Gasteiger partial charge in [0.15, 0.2) is 0 Å². The van der Waals surface area contributed by atoms with Gasteiger partial charge in [-0.15, -0.1) is 0 Å². The minimum atomic E-state index is -0.235. The van der Waals surface area contributed by atoms with Crippen LogP contribution in [0.5, 0.6) is 0 Å². The number of benzene rings is 1. The fraction of sp³-hybridized carbons (Fsp3) is 0.333. The normalized spacial score (nSPS) is 18.2. The van der Waals surface area contributed by atoms with Crippen LogP contribution in [-0.4, -0.2) is 16.9 Å². The van der Waals surface area contributed by atoms with Crippen LogP contribution in [-0.2, 0) is 11.2 Å². The van der Waals surface area contributed by atoms with Crippen LogP contribution in [0.25, 0.3) is 0 Å². The molecule has 5 nitrogen and oxygen atoms in total. The number of aromatic nitrogens is 1. The standard InChI is InChI=1S/C15H17N3O2/c1-9-8-16-15(20-9)10(2)17-14(19)13-7-11-5-3-4-6-12(11)18-13/h3-6,8,10,13,18H,7H2,1-2H3,(H,17,19)/t10?,13-/m0/s1. The van der Waals surface area contributed by atoms with Crippen molar-refractivity contribution in [1.29, 1.82) is 0 Å². The molecule has 0 saturated heterocycles. The highest BCUT2D eigenvalue weighted by molar-refractivity contribution is 5.87. The van der Waals surface area contributed by atoms with E-state index in [0.29, 0.717) is 12.3 Å². The predicted octanol–water partition coefficient (Wildman–Crippen LogP) is 2.20. The van der Waals surface area contributed by atoms with Crippen molar-refractivity contribution in [1.82, 2.24) is 10.3 Å². The van der Waals surface area contributed by atoms with E-state index in [9.17, 15) is 4.79 Å². The Morgan fingerprint density at radius 3 is 3.00 bits per heavy atom. The summed E-state index contributed by atoms with van der Waals surface area (Å²) in [4.78, 5) is 16.4. The Bertz CT molecular complexity index is 611. The topological polar surface area (TPSA) is 67.2 Å². The molecule has 1 aliphatic heterocycles. The van der Waals surface area contributed by atoms with E-state index in [4.69, 9.17) is 4.42 Å². The molecule has 1 unspecified atom stereocenters. The summed E-state index contributed by atoms with van der Waals surface area (Å²) in [5.41, 5.74) is 2.21. The van der Waals surface area contributed by atoms with Crippen molar-refractivity contribution in [2.75, 3.05) is 5.32 Å². The van der Waals surface area contributed by atoms with E-state index in [0.717, 1.165) is 11.4 Å². The fourth-order valence-electron chi connectivity index (χ4n) is 2.40. The number of hydrogen-bond donors (Lipinski definition) is 2. The summed E-state index contributed by atoms with van der Waals surface area (Å²) < 4.78 is 5.42. The Morgan fingerprint density at radius 2 is 2.30 bits per heavy atom. The molecule has 5 heteroatoms. The second-order valence-corrected chi connectivity index (χ2v) is 5.10. The fourth-order valence-corrected chi connectivity index (χ4v) is 2.40. The molecule has 2 heterocycles. The molecule has 1 aromatic carbocycles. The molecule has 3 rings (SSSR count). The van der Waals surface area contributed by atoms with E-state index >= 15 is 0 Å². The smallest absolute Gasteiger partial charge is 0.243 e. The Labute approximate surface area is 117 Å². The van der Waals surface area contributed by atoms with Crippen LogP contribution in [0.4, 0.5) is 5.69 Å². The van der Waals surface area contributed by atoms with E-state index in [1.807, 2.05) is 38.1 Å². The van der Waals surface area contributed by atoms with Crippen molar-refractivity contribution in [2.24, 2.45) is 0 Å². The van der Waals surface area contributed by atoms with Crippen molar-refractivity contribution in [3.8, 4) is 0 Å². The summed E-state index contributed by atoms with van der Waals surface area (Å²) in [5.74, 6) is 1.24. The summed E-state index contributed by atoms with van der Waals surface area (Å²) in [6, 6.07) is 7.51. The van der Waals surface area contributed by atoms with Gasteiger partial charge in [0.25, 0.3) is 0 Å². The number of oxazole rings is 1. The number of carbonyl (C=O) groups is 1. The summed E-state index contributed by atoms with van der Waals surface area (Å²) >= 11 is 0. The lowest BCUT2D eigenvalue weighted by atomic mass is 10.1. The monoisotopic (exact) mass is 271 g/mol. The van der Waals surface area contributed by atoms with E-state index < -0.39 is 0 Å². The molecule has 1 amide bonds. The third-order valence-corrected chi connectivity index (χ3v) is 3.46. The number of amides is 1. The summed E-state index contributed by atoms with van der Waals surface area (Å²) in [7, 11) is 0. The molecule has 20 heavy (non-hydrogen) atoms. The number of aryl methyl sites for hydroxylation is 1. The maximum absolute atomic E-state index is 12.3. The average Bonchev–Trinajstić information content (AvgIpc) is 3.04. The van der Waals surface area contributed by atoms with Crippen LogP contribution >= 0.6 is 0 Å². The number of anilines is 1. The third kappa shape index (κ3) is 2.39. The van der Waals surface area contributed by atoms with Gasteiger partial charge in [-0.2, -0.15) is 0 Å². The second kappa shape index (κ2) is 5.00. The van der Waals surface area contributed by atoms with Gasteiger partial charge >= 0.3 is 0 Å². The number of carbonyl (C=O) groups excluding carboxylic acids is 1. The van der Waals surface area contributed by atoms with Gasteiger partial charge in [0.2, 0.25) is 11.8 Å². The molecule has 0 aliphatic carbocycles. The molecule has 1 aliphatic rings. The lowest BCUT2D eigenvalue weighted by molar-refractivity contribution is -0.122. The van der Waals surface area contributed by atoms with Crippen LogP contribution < -0.4 is 10.6 Å². The Kier molecular flexibility index (Phi) is 3.18. The third-order valence-electron chi connectivity index (χ3n) is 3.46. The molecule has 0 saturated carbocycles. The van der Waals surface area contributed by atoms with Crippen molar-refractivity contribution < 1.29 is 9.21 Å². The molecular weight excluding hydrogens is 254 g/mol. The first kappa shape index (κ1) is 12.7. The molecule has 2 atom stereocenters. The number of rotatable bonds is 3.